The van der Waals surface area contributed by atoms with Gasteiger partial charge in [-0.3, -0.25) is 10.2 Å². The number of aromatic nitrogens is 1. The Morgan fingerprint density at radius 2 is 1.97 bits per heavy atom. The number of hydrogen-bond donors (Lipinski definition) is 4. The van der Waals surface area contributed by atoms with Gasteiger partial charge in [-0.1, -0.05) is 24.3 Å². The molecule has 2 aromatic carbocycles. The van der Waals surface area contributed by atoms with Gasteiger partial charge < -0.3 is 15.8 Å². The molecular formula is C22H25N5O4S2. The number of amides is 1. The van der Waals surface area contributed by atoms with Gasteiger partial charge in [0.15, 0.2) is 0 Å². The first kappa shape index (κ1) is 24.5. The second-order valence-corrected chi connectivity index (χ2v) is 9.78. The molecular weight excluding hydrogens is 462 g/mol. The molecule has 0 spiro atoms. The van der Waals surface area contributed by atoms with E-state index in [1.54, 1.807) is 35.8 Å². The number of rotatable bonds is 11. The lowest BCUT2D eigenvalue weighted by Crippen LogP contribution is -2.31. The molecule has 1 heterocycles. The van der Waals surface area contributed by atoms with Crippen LogP contribution in [0.5, 0.6) is 0 Å². The SMILES string of the molecule is COCCNC(=O)c1cccc(S(=O)(=O)NC(Cc2cccc(C(=N)N)c2)c2nccs2)c1. The zero-order valence-corrected chi connectivity index (χ0v) is 19.6. The highest BCUT2D eigenvalue weighted by atomic mass is 32.2. The summed E-state index contributed by atoms with van der Waals surface area (Å²) in [5.74, 6) is -0.453. The Balaban J connectivity index is 1.84. The fourth-order valence-electron chi connectivity index (χ4n) is 3.12. The molecule has 0 radical (unpaired) electrons. The maximum Gasteiger partial charge on any atom is 0.251 e. The fraction of sp³-hybridized carbons (Fsp3) is 0.227. The lowest BCUT2D eigenvalue weighted by Gasteiger charge is -2.18. The van der Waals surface area contributed by atoms with E-state index in [0.717, 1.165) is 5.56 Å². The van der Waals surface area contributed by atoms with Crippen molar-refractivity contribution in [1.29, 1.82) is 5.41 Å². The van der Waals surface area contributed by atoms with Crippen LogP contribution in [-0.2, 0) is 21.2 Å². The third kappa shape index (κ3) is 6.68. The van der Waals surface area contributed by atoms with E-state index in [4.69, 9.17) is 15.9 Å². The van der Waals surface area contributed by atoms with Crippen molar-refractivity contribution in [2.24, 2.45) is 5.73 Å². The highest BCUT2D eigenvalue weighted by Crippen LogP contribution is 2.24. The first-order chi connectivity index (χ1) is 15.8. The van der Waals surface area contributed by atoms with Crippen molar-refractivity contribution in [2.75, 3.05) is 20.3 Å². The van der Waals surface area contributed by atoms with Crippen LogP contribution in [0, 0.1) is 5.41 Å². The van der Waals surface area contributed by atoms with Crippen LogP contribution in [0.15, 0.2) is 65.0 Å². The first-order valence-electron chi connectivity index (χ1n) is 10.0. The zero-order chi connectivity index (χ0) is 23.8. The average Bonchev–Trinajstić information content (AvgIpc) is 3.34. The van der Waals surface area contributed by atoms with Crippen LogP contribution in [0.3, 0.4) is 0 Å². The van der Waals surface area contributed by atoms with Crippen LogP contribution in [-0.4, -0.2) is 45.4 Å². The highest BCUT2D eigenvalue weighted by Gasteiger charge is 2.24. The molecule has 0 aliphatic rings. The van der Waals surface area contributed by atoms with Gasteiger partial charge in [-0.25, -0.2) is 18.1 Å². The molecule has 33 heavy (non-hydrogen) atoms. The largest absolute Gasteiger partial charge is 0.384 e. The first-order valence-corrected chi connectivity index (χ1v) is 12.4. The molecule has 0 aliphatic heterocycles. The van der Waals surface area contributed by atoms with Gasteiger partial charge in [-0.2, -0.15) is 0 Å². The number of methoxy groups -OCH3 is 1. The number of nitrogens with two attached hydrogens (primary N) is 1. The number of nitrogen functional groups attached to an aromatic ring is 1. The molecule has 3 aromatic rings. The van der Waals surface area contributed by atoms with Crippen LogP contribution < -0.4 is 15.8 Å². The summed E-state index contributed by atoms with van der Waals surface area (Å²) in [6.45, 7) is 0.668. The van der Waals surface area contributed by atoms with E-state index in [1.165, 1.54) is 36.6 Å². The van der Waals surface area contributed by atoms with Crippen LogP contribution in [0.1, 0.15) is 32.5 Å². The number of sulfonamides is 1. The molecule has 1 aromatic heterocycles. The summed E-state index contributed by atoms with van der Waals surface area (Å²) in [7, 11) is -2.44. The predicted octanol–water partition coefficient (Wildman–Crippen LogP) is 2.07. The fourth-order valence-corrected chi connectivity index (χ4v) is 5.13. The summed E-state index contributed by atoms with van der Waals surface area (Å²) in [6, 6.07) is 12.3. The van der Waals surface area contributed by atoms with Crippen molar-refractivity contribution >= 4 is 33.1 Å². The van der Waals surface area contributed by atoms with E-state index in [9.17, 15) is 13.2 Å². The summed E-state index contributed by atoms with van der Waals surface area (Å²) in [5, 5.41) is 12.7. The van der Waals surface area contributed by atoms with Gasteiger partial charge in [0.2, 0.25) is 10.0 Å². The van der Waals surface area contributed by atoms with Crippen molar-refractivity contribution in [3.8, 4) is 0 Å². The molecule has 174 valence electrons. The van der Waals surface area contributed by atoms with Crippen molar-refractivity contribution < 1.29 is 17.9 Å². The minimum Gasteiger partial charge on any atom is -0.384 e. The number of carbonyl (C=O) groups excluding carboxylic acids is 1. The molecule has 0 bridgehead atoms. The Kier molecular flexibility index (Phi) is 8.28. The van der Waals surface area contributed by atoms with Gasteiger partial charge in [0.1, 0.15) is 10.8 Å². The normalized spacial score (nSPS) is 12.3. The van der Waals surface area contributed by atoms with Crippen LogP contribution >= 0.6 is 11.3 Å². The number of carbonyl (C=O) groups is 1. The molecule has 0 fully saturated rings. The number of amidine groups is 1. The molecule has 0 aliphatic carbocycles. The van der Waals surface area contributed by atoms with E-state index < -0.39 is 16.1 Å². The number of hydrogen-bond acceptors (Lipinski definition) is 7. The Labute approximate surface area is 196 Å². The Morgan fingerprint density at radius 1 is 1.21 bits per heavy atom. The third-order valence-electron chi connectivity index (χ3n) is 4.72. The van der Waals surface area contributed by atoms with Crippen molar-refractivity contribution in [1.82, 2.24) is 15.0 Å². The number of nitrogens with one attached hydrogen (secondary N) is 3. The van der Waals surface area contributed by atoms with Crippen LogP contribution in [0.2, 0.25) is 0 Å². The van der Waals surface area contributed by atoms with Crippen molar-refractivity contribution in [3.05, 3.63) is 81.8 Å². The summed E-state index contributed by atoms with van der Waals surface area (Å²) in [6.07, 6.45) is 1.92. The second-order valence-electron chi connectivity index (χ2n) is 7.14. The summed E-state index contributed by atoms with van der Waals surface area (Å²) < 4.78 is 34.0. The standard InChI is InChI=1S/C22H25N5O4S2/c1-31-10-8-25-21(28)17-6-3-7-18(14-17)33(29,30)27-19(22-26-9-11-32-22)13-15-4-2-5-16(12-15)20(23)24/h2-7,9,11-12,14,19,27H,8,10,13H2,1H3,(H3,23,24)(H,25,28). The van der Waals surface area contributed by atoms with E-state index in [1.807, 2.05) is 6.07 Å². The minimum atomic E-state index is -3.97. The zero-order valence-electron chi connectivity index (χ0n) is 17.9. The van der Waals surface area contributed by atoms with E-state index in [-0.39, 0.29) is 22.2 Å². The van der Waals surface area contributed by atoms with Gasteiger partial charge >= 0.3 is 0 Å². The Hall–Kier alpha value is -3.12. The maximum atomic E-state index is 13.2. The van der Waals surface area contributed by atoms with Crippen molar-refractivity contribution in [2.45, 2.75) is 17.4 Å². The maximum absolute atomic E-state index is 13.2. The lowest BCUT2D eigenvalue weighted by atomic mass is 10.0. The molecule has 3 rings (SSSR count). The molecule has 5 N–H and O–H groups in total. The van der Waals surface area contributed by atoms with Crippen LogP contribution in [0.25, 0.3) is 0 Å². The highest BCUT2D eigenvalue weighted by molar-refractivity contribution is 7.89. The Morgan fingerprint density at radius 3 is 2.67 bits per heavy atom. The average molecular weight is 488 g/mol. The molecule has 1 unspecified atom stereocenters. The van der Waals surface area contributed by atoms with E-state index in [0.29, 0.717) is 30.1 Å². The van der Waals surface area contributed by atoms with Crippen LogP contribution in [0.4, 0.5) is 0 Å². The number of nitrogens with zero attached hydrogens (tertiary/aromatic N) is 1. The smallest absolute Gasteiger partial charge is 0.251 e. The molecule has 1 amide bonds. The third-order valence-corrected chi connectivity index (χ3v) is 7.08. The topological polar surface area (TPSA) is 147 Å². The molecule has 0 saturated heterocycles. The van der Waals surface area contributed by atoms with Gasteiger partial charge in [-0.15, -0.1) is 11.3 Å². The predicted molar refractivity (Wildman–Crippen MR) is 127 cm³/mol. The van der Waals surface area contributed by atoms with E-state index in [2.05, 4.69) is 15.0 Å². The number of thiazole rings is 1. The minimum absolute atomic E-state index is 0.0269. The lowest BCUT2D eigenvalue weighted by molar-refractivity contribution is 0.0937. The quantitative estimate of drug-likeness (QED) is 0.185. The number of ether oxygens (including phenoxy) is 1. The summed E-state index contributed by atoms with van der Waals surface area (Å²) in [4.78, 5) is 16.6. The summed E-state index contributed by atoms with van der Waals surface area (Å²) >= 11 is 1.33. The molecule has 11 heteroatoms. The molecule has 1 atom stereocenters. The van der Waals surface area contributed by atoms with Gasteiger partial charge in [0, 0.05) is 36.4 Å². The van der Waals surface area contributed by atoms with E-state index >= 15 is 0 Å². The van der Waals surface area contributed by atoms with Gasteiger partial charge in [-0.05, 0) is 36.2 Å². The second kappa shape index (κ2) is 11.1. The van der Waals surface area contributed by atoms with Gasteiger partial charge in [0.05, 0.1) is 17.5 Å². The Bertz CT molecular complexity index is 1210. The molecule has 9 nitrogen and oxygen atoms in total. The molecule has 0 saturated carbocycles. The summed E-state index contributed by atoms with van der Waals surface area (Å²) in [5.41, 5.74) is 7.17. The number of benzene rings is 2. The van der Waals surface area contributed by atoms with Gasteiger partial charge in [0.25, 0.3) is 5.91 Å². The monoisotopic (exact) mass is 487 g/mol. The van der Waals surface area contributed by atoms with Crippen molar-refractivity contribution in [3.63, 3.8) is 0 Å².